The van der Waals surface area contributed by atoms with Gasteiger partial charge in [-0.1, -0.05) is 6.07 Å². The van der Waals surface area contributed by atoms with Gasteiger partial charge in [0, 0.05) is 69.1 Å². The molecule has 2 heterocycles. The molecule has 0 bridgehead atoms. The molecular formula is C24H31N7O2S. The lowest BCUT2D eigenvalue weighted by molar-refractivity contribution is 0.313. The fraction of sp³-hybridized carbons (Fsp3) is 0.333. The van der Waals surface area contributed by atoms with E-state index in [0.29, 0.717) is 17.5 Å². The Labute approximate surface area is 201 Å². The quantitative estimate of drug-likeness (QED) is 0.531. The minimum atomic E-state index is -3.52. The summed E-state index contributed by atoms with van der Waals surface area (Å²) in [5, 5.41) is 6.47. The first-order chi connectivity index (χ1) is 16.2. The highest BCUT2D eigenvalue weighted by atomic mass is 32.2. The number of nitrogens with one attached hydrogen (secondary N) is 2. The number of piperazine rings is 1. The van der Waals surface area contributed by atoms with Crippen LogP contribution in [0.25, 0.3) is 0 Å². The molecule has 0 amide bonds. The minimum absolute atomic E-state index is 0.216. The van der Waals surface area contributed by atoms with Crippen molar-refractivity contribution in [2.45, 2.75) is 11.8 Å². The van der Waals surface area contributed by atoms with Gasteiger partial charge in [0.05, 0.1) is 4.90 Å². The molecule has 180 valence electrons. The van der Waals surface area contributed by atoms with Crippen molar-refractivity contribution in [1.82, 2.24) is 19.2 Å². The average Bonchev–Trinajstić information content (AvgIpc) is 2.82. The first-order valence-corrected chi connectivity index (χ1v) is 12.6. The van der Waals surface area contributed by atoms with Gasteiger partial charge in [-0.3, -0.25) is 0 Å². The third-order valence-electron chi connectivity index (χ3n) is 5.84. The Morgan fingerprint density at radius 1 is 0.941 bits per heavy atom. The summed E-state index contributed by atoms with van der Waals surface area (Å²) in [6.07, 6.45) is 1.73. The molecule has 2 aromatic carbocycles. The number of rotatable bonds is 7. The molecule has 0 atom stereocenters. The average molecular weight is 482 g/mol. The van der Waals surface area contributed by atoms with Crippen LogP contribution in [-0.4, -0.2) is 74.9 Å². The largest absolute Gasteiger partial charge is 0.369 e. The van der Waals surface area contributed by atoms with Crippen molar-refractivity contribution in [2.24, 2.45) is 0 Å². The van der Waals surface area contributed by atoms with Gasteiger partial charge >= 0.3 is 0 Å². The van der Waals surface area contributed by atoms with Crippen molar-refractivity contribution in [2.75, 3.05) is 62.9 Å². The minimum Gasteiger partial charge on any atom is -0.369 e. The van der Waals surface area contributed by atoms with Crippen molar-refractivity contribution < 1.29 is 8.42 Å². The Bertz CT molecular complexity index is 1240. The molecule has 10 heteroatoms. The number of likely N-dealkylation sites (N-methyl/N-ethyl adjacent to an activating group) is 1. The maximum Gasteiger partial charge on any atom is 0.242 e. The highest BCUT2D eigenvalue weighted by Crippen LogP contribution is 2.25. The number of aromatic nitrogens is 2. The number of aryl methyl sites for hydroxylation is 1. The molecule has 1 saturated heterocycles. The first kappa shape index (κ1) is 23.9. The molecule has 1 aromatic heterocycles. The van der Waals surface area contributed by atoms with Crippen LogP contribution < -0.4 is 15.5 Å². The number of hydrogen-bond acceptors (Lipinski definition) is 8. The monoisotopic (exact) mass is 481 g/mol. The number of hydrogen-bond donors (Lipinski definition) is 2. The third-order valence-corrected chi connectivity index (χ3v) is 7.65. The van der Waals surface area contributed by atoms with Crippen LogP contribution >= 0.6 is 0 Å². The Morgan fingerprint density at radius 3 is 2.32 bits per heavy atom. The molecule has 0 radical (unpaired) electrons. The normalized spacial score (nSPS) is 14.9. The van der Waals surface area contributed by atoms with Crippen molar-refractivity contribution in [3.05, 3.63) is 60.3 Å². The fourth-order valence-corrected chi connectivity index (χ4v) is 4.61. The van der Waals surface area contributed by atoms with E-state index in [-0.39, 0.29) is 4.90 Å². The summed E-state index contributed by atoms with van der Waals surface area (Å²) in [4.78, 5) is 13.9. The summed E-state index contributed by atoms with van der Waals surface area (Å²) < 4.78 is 26.1. The molecule has 3 aromatic rings. The maximum atomic E-state index is 12.5. The van der Waals surface area contributed by atoms with Gasteiger partial charge in [-0.05, 0) is 56.4 Å². The second-order valence-electron chi connectivity index (χ2n) is 8.63. The molecule has 1 aliphatic heterocycles. The van der Waals surface area contributed by atoms with E-state index in [9.17, 15) is 8.42 Å². The predicted octanol–water partition coefficient (Wildman–Crippen LogP) is 3.27. The van der Waals surface area contributed by atoms with Gasteiger partial charge in [0.1, 0.15) is 5.82 Å². The molecule has 2 N–H and O–H groups in total. The third kappa shape index (κ3) is 5.46. The van der Waals surface area contributed by atoms with Crippen molar-refractivity contribution >= 4 is 38.9 Å². The molecule has 9 nitrogen and oxygen atoms in total. The van der Waals surface area contributed by atoms with Crippen LogP contribution in [0.3, 0.4) is 0 Å². The topological polar surface area (TPSA) is 93.7 Å². The van der Waals surface area contributed by atoms with E-state index in [1.54, 1.807) is 30.5 Å². The Kier molecular flexibility index (Phi) is 7.01. The predicted molar refractivity (Wildman–Crippen MR) is 137 cm³/mol. The lowest BCUT2D eigenvalue weighted by Gasteiger charge is -2.34. The zero-order valence-corrected chi connectivity index (χ0v) is 20.8. The van der Waals surface area contributed by atoms with Crippen LogP contribution in [0.5, 0.6) is 0 Å². The first-order valence-electron chi connectivity index (χ1n) is 11.2. The number of sulfonamides is 1. The summed E-state index contributed by atoms with van der Waals surface area (Å²) in [7, 11) is 1.65. The Balaban J connectivity index is 1.48. The zero-order chi connectivity index (χ0) is 24.3. The van der Waals surface area contributed by atoms with Crippen molar-refractivity contribution in [1.29, 1.82) is 0 Å². The molecule has 0 unspecified atom stereocenters. The van der Waals surface area contributed by atoms with Gasteiger partial charge < -0.3 is 20.4 Å². The molecule has 0 aliphatic carbocycles. The molecule has 1 fully saturated rings. The van der Waals surface area contributed by atoms with Gasteiger partial charge in [0.25, 0.3) is 0 Å². The highest BCUT2D eigenvalue weighted by Gasteiger charge is 2.18. The smallest absolute Gasteiger partial charge is 0.242 e. The van der Waals surface area contributed by atoms with Crippen LogP contribution in [0.2, 0.25) is 0 Å². The second kappa shape index (κ2) is 9.96. The number of benzene rings is 2. The van der Waals surface area contributed by atoms with Gasteiger partial charge in [0.2, 0.25) is 16.0 Å². The maximum absolute atomic E-state index is 12.5. The van der Waals surface area contributed by atoms with E-state index >= 15 is 0 Å². The van der Waals surface area contributed by atoms with Gasteiger partial charge in [-0.25, -0.2) is 17.7 Å². The molecule has 1 aliphatic rings. The van der Waals surface area contributed by atoms with Crippen molar-refractivity contribution in [3.63, 3.8) is 0 Å². The Morgan fingerprint density at radius 2 is 1.65 bits per heavy atom. The Hall–Kier alpha value is -3.21. The van der Waals surface area contributed by atoms with Gasteiger partial charge in [0.15, 0.2) is 0 Å². The lowest BCUT2D eigenvalue weighted by Crippen LogP contribution is -2.44. The second-order valence-corrected chi connectivity index (χ2v) is 10.8. The molecular weight excluding hydrogens is 450 g/mol. The fourth-order valence-electron chi connectivity index (χ4n) is 3.66. The molecule has 4 rings (SSSR count). The van der Waals surface area contributed by atoms with Crippen LogP contribution in [0.4, 0.5) is 28.8 Å². The van der Waals surface area contributed by atoms with E-state index in [1.165, 1.54) is 24.1 Å². The summed E-state index contributed by atoms with van der Waals surface area (Å²) >= 11 is 0. The number of nitrogens with zero attached hydrogens (tertiary/aromatic N) is 5. The van der Waals surface area contributed by atoms with Crippen LogP contribution in [0.1, 0.15) is 5.56 Å². The van der Waals surface area contributed by atoms with Crippen molar-refractivity contribution in [3.8, 4) is 0 Å². The van der Waals surface area contributed by atoms with Gasteiger partial charge in [-0.15, -0.1) is 0 Å². The molecule has 0 spiro atoms. The van der Waals surface area contributed by atoms with E-state index in [0.717, 1.165) is 37.4 Å². The summed E-state index contributed by atoms with van der Waals surface area (Å²) in [5.41, 5.74) is 3.58. The van der Waals surface area contributed by atoms with Crippen LogP contribution in [0, 0.1) is 6.92 Å². The lowest BCUT2D eigenvalue weighted by atomic mass is 10.2. The standard InChI is InChI=1S/C24H31N7O2S/c1-18-17-25-24(27-19-8-10-21(11-9-19)31-14-12-30(4)13-15-31)28-23(18)26-20-6-5-7-22(16-20)34(32,33)29(2)3/h5-11,16-17H,12-15H2,1-4H3,(H2,25,26,27,28). The highest BCUT2D eigenvalue weighted by molar-refractivity contribution is 7.89. The zero-order valence-electron chi connectivity index (χ0n) is 20.0. The van der Waals surface area contributed by atoms with Crippen LogP contribution in [-0.2, 0) is 10.0 Å². The van der Waals surface area contributed by atoms with Gasteiger partial charge in [-0.2, -0.15) is 4.98 Å². The summed E-state index contributed by atoms with van der Waals surface area (Å²) in [6.45, 7) is 6.08. The van der Waals surface area contributed by atoms with E-state index in [2.05, 4.69) is 49.6 Å². The summed E-state index contributed by atoms with van der Waals surface area (Å²) in [6, 6.07) is 15.0. The van der Waals surface area contributed by atoms with E-state index in [1.807, 2.05) is 19.1 Å². The van der Waals surface area contributed by atoms with E-state index < -0.39 is 10.0 Å². The number of anilines is 5. The summed E-state index contributed by atoms with van der Waals surface area (Å²) in [5.74, 6) is 1.06. The molecule has 34 heavy (non-hydrogen) atoms. The SMILES string of the molecule is Cc1cnc(Nc2ccc(N3CCN(C)CC3)cc2)nc1Nc1cccc(S(=O)(=O)N(C)C)c1. The van der Waals surface area contributed by atoms with Crippen LogP contribution in [0.15, 0.2) is 59.6 Å². The van der Waals surface area contributed by atoms with E-state index in [4.69, 9.17) is 0 Å². The molecule has 0 saturated carbocycles.